The molecule has 0 radical (unpaired) electrons. The Hall–Kier alpha value is -0.843. The molecule has 0 saturated heterocycles. The van der Waals surface area contributed by atoms with Crippen LogP contribution in [0.15, 0.2) is 30.3 Å². The molecule has 0 aliphatic rings. The summed E-state index contributed by atoms with van der Waals surface area (Å²) >= 11 is 0. The molecule has 18 heavy (non-hydrogen) atoms. The molecular formula is C14H25NO2Si. The fourth-order valence-corrected chi connectivity index (χ4v) is 5.21. The van der Waals surface area contributed by atoms with Crippen LogP contribution in [0.3, 0.4) is 0 Å². The van der Waals surface area contributed by atoms with Crippen molar-refractivity contribution < 1.29 is 8.85 Å². The Balaban J connectivity index is 2.86. The Morgan fingerprint density at radius 1 is 1.06 bits per heavy atom. The summed E-state index contributed by atoms with van der Waals surface area (Å²) < 4.78 is 12.0. The van der Waals surface area contributed by atoms with Crippen LogP contribution in [0.4, 0.5) is 5.69 Å². The first-order chi connectivity index (χ1) is 8.62. The molecule has 0 unspecified atom stereocenters. The van der Waals surface area contributed by atoms with E-state index < -0.39 is 8.72 Å². The molecule has 1 rings (SSSR count). The minimum absolute atomic E-state index is 0.547. The molecule has 0 atom stereocenters. The van der Waals surface area contributed by atoms with Crippen molar-refractivity contribution >= 4 is 14.4 Å². The number of hydrogen-bond acceptors (Lipinski definition) is 3. The minimum Gasteiger partial charge on any atom is -0.379 e. The smallest absolute Gasteiger partial charge is 0.379 e. The highest BCUT2D eigenvalue weighted by molar-refractivity contribution is 6.70. The maximum atomic E-state index is 5.99. The van der Waals surface area contributed by atoms with Gasteiger partial charge in [-0.15, -0.1) is 0 Å². The van der Waals surface area contributed by atoms with Gasteiger partial charge >= 0.3 is 8.72 Å². The summed E-state index contributed by atoms with van der Waals surface area (Å²) in [5.41, 5.74) is 1.08. The van der Waals surface area contributed by atoms with E-state index >= 15 is 0 Å². The molecule has 0 aromatic heterocycles. The molecule has 0 aliphatic carbocycles. The molecule has 0 spiro atoms. The lowest BCUT2D eigenvalue weighted by Gasteiger charge is -2.32. The molecule has 4 heteroatoms. The van der Waals surface area contributed by atoms with Crippen LogP contribution in [0, 0.1) is 5.92 Å². The summed E-state index contributed by atoms with van der Waals surface area (Å²) in [5.74, 6) is 0.547. The normalized spacial score (nSPS) is 11.8. The van der Waals surface area contributed by atoms with Crippen molar-refractivity contribution in [3.05, 3.63) is 30.3 Å². The van der Waals surface area contributed by atoms with Gasteiger partial charge in [0.1, 0.15) is 0 Å². The van der Waals surface area contributed by atoms with E-state index in [4.69, 9.17) is 8.85 Å². The maximum absolute atomic E-state index is 5.99. The van der Waals surface area contributed by atoms with Crippen LogP contribution in [0.1, 0.15) is 27.7 Å². The van der Waals surface area contributed by atoms with Gasteiger partial charge in [-0.05, 0) is 31.9 Å². The summed E-state index contributed by atoms with van der Waals surface area (Å²) in [7, 11) is -2.35. The number of rotatable bonds is 8. The van der Waals surface area contributed by atoms with E-state index in [0.717, 1.165) is 11.7 Å². The summed E-state index contributed by atoms with van der Waals surface area (Å²) in [6.45, 7) is 9.80. The lowest BCUT2D eigenvalue weighted by molar-refractivity contribution is 0.185. The van der Waals surface area contributed by atoms with Gasteiger partial charge in [-0.3, -0.25) is 0 Å². The zero-order valence-electron chi connectivity index (χ0n) is 11.9. The third-order valence-corrected chi connectivity index (χ3v) is 6.07. The molecule has 3 nitrogen and oxygen atoms in total. The molecule has 0 heterocycles. The van der Waals surface area contributed by atoms with Gasteiger partial charge in [0.05, 0.1) is 0 Å². The second-order valence-corrected chi connectivity index (χ2v) is 7.45. The van der Waals surface area contributed by atoms with Crippen molar-refractivity contribution in [3.63, 3.8) is 0 Å². The van der Waals surface area contributed by atoms with Crippen molar-refractivity contribution in [2.45, 2.75) is 33.7 Å². The zero-order valence-corrected chi connectivity index (χ0v) is 12.9. The molecule has 102 valence electrons. The molecule has 0 aliphatic heterocycles. The second-order valence-electron chi connectivity index (χ2n) is 4.71. The van der Waals surface area contributed by atoms with Crippen molar-refractivity contribution in [3.8, 4) is 0 Å². The second kappa shape index (κ2) is 7.56. The lowest BCUT2D eigenvalue weighted by Crippen LogP contribution is -2.51. The predicted octanol–water partition coefficient (Wildman–Crippen LogP) is 3.77. The van der Waals surface area contributed by atoms with Gasteiger partial charge in [-0.1, -0.05) is 32.0 Å². The monoisotopic (exact) mass is 267 g/mol. The van der Waals surface area contributed by atoms with E-state index in [-0.39, 0.29) is 0 Å². The van der Waals surface area contributed by atoms with Gasteiger partial charge in [0, 0.05) is 24.9 Å². The highest BCUT2D eigenvalue weighted by Gasteiger charge is 2.39. The van der Waals surface area contributed by atoms with E-state index in [9.17, 15) is 0 Å². The summed E-state index contributed by atoms with van der Waals surface area (Å²) in [6.07, 6.45) is 0. The third-order valence-electron chi connectivity index (χ3n) is 2.54. The largest absolute Gasteiger partial charge is 0.457 e. The molecule has 0 amide bonds. The van der Waals surface area contributed by atoms with Crippen LogP contribution in [0.25, 0.3) is 0 Å². The number of benzene rings is 1. The standard InChI is InChI=1S/C14H25NO2Si/c1-5-16-18(17-6-2,12-13(3)4)15-14-10-8-7-9-11-14/h7-11,13,15H,5-6,12H2,1-4H3. The van der Waals surface area contributed by atoms with Crippen LogP contribution in [0.5, 0.6) is 0 Å². The quantitative estimate of drug-likeness (QED) is 0.727. The Kier molecular flexibility index (Phi) is 6.39. The lowest BCUT2D eigenvalue weighted by atomic mass is 10.3. The maximum Gasteiger partial charge on any atom is 0.457 e. The van der Waals surface area contributed by atoms with Gasteiger partial charge in [-0.25, -0.2) is 0 Å². The first-order valence-corrected chi connectivity index (χ1v) is 8.75. The van der Waals surface area contributed by atoms with Crippen molar-refractivity contribution in [2.24, 2.45) is 5.92 Å². The zero-order chi connectivity index (χ0) is 13.4. The minimum atomic E-state index is -2.35. The first-order valence-electron chi connectivity index (χ1n) is 6.73. The third kappa shape index (κ3) is 4.80. The van der Waals surface area contributed by atoms with E-state index in [1.54, 1.807) is 0 Å². The number of hydrogen-bond donors (Lipinski definition) is 1. The van der Waals surface area contributed by atoms with Crippen LogP contribution in [-0.4, -0.2) is 21.9 Å². The Bertz CT molecular complexity index is 324. The number of anilines is 1. The molecule has 1 N–H and O–H groups in total. The molecule has 0 bridgehead atoms. The van der Waals surface area contributed by atoms with E-state index in [0.29, 0.717) is 19.1 Å². The predicted molar refractivity (Wildman–Crippen MR) is 78.7 cm³/mol. The molecule has 1 aromatic rings. The summed E-state index contributed by atoms with van der Waals surface area (Å²) in [4.78, 5) is 3.52. The van der Waals surface area contributed by atoms with Gasteiger partial charge in [0.15, 0.2) is 0 Å². The summed E-state index contributed by atoms with van der Waals surface area (Å²) in [6, 6.07) is 11.1. The number of para-hydroxylation sites is 1. The van der Waals surface area contributed by atoms with Gasteiger partial charge in [0.25, 0.3) is 0 Å². The Labute approximate surface area is 112 Å². The van der Waals surface area contributed by atoms with Crippen molar-refractivity contribution in [2.75, 3.05) is 18.2 Å². The molecule has 0 fully saturated rings. The van der Waals surface area contributed by atoms with Gasteiger partial charge in [0.2, 0.25) is 0 Å². The Morgan fingerprint density at radius 2 is 1.61 bits per heavy atom. The van der Waals surface area contributed by atoms with Crippen LogP contribution < -0.4 is 4.98 Å². The van der Waals surface area contributed by atoms with E-state index in [2.05, 4.69) is 31.0 Å². The highest BCUT2D eigenvalue weighted by atomic mass is 28.4. The van der Waals surface area contributed by atoms with Crippen molar-refractivity contribution in [1.82, 2.24) is 0 Å². The SMILES string of the molecule is CCO[Si](CC(C)C)(Nc1ccccc1)OCC. The van der Waals surface area contributed by atoms with Crippen LogP contribution in [-0.2, 0) is 8.85 Å². The van der Waals surface area contributed by atoms with Crippen molar-refractivity contribution in [1.29, 1.82) is 0 Å². The highest BCUT2D eigenvalue weighted by Crippen LogP contribution is 2.22. The van der Waals surface area contributed by atoms with E-state index in [1.807, 2.05) is 32.0 Å². The van der Waals surface area contributed by atoms with Crippen LogP contribution >= 0.6 is 0 Å². The van der Waals surface area contributed by atoms with E-state index in [1.165, 1.54) is 0 Å². The van der Waals surface area contributed by atoms with Gasteiger partial charge in [-0.2, -0.15) is 0 Å². The molecular weight excluding hydrogens is 242 g/mol. The average molecular weight is 267 g/mol. The molecule has 1 aromatic carbocycles. The summed E-state index contributed by atoms with van der Waals surface area (Å²) in [5, 5.41) is 0. The molecule has 0 saturated carbocycles. The topological polar surface area (TPSA) is 30.5 Å². The Morgan fingerprint density at radius 3 is 2.06 bits per heavy atom. The van der Waals surface area contributed by atoms with Crippen LogP contribution in [0.2, 0.25) is 6.04 Å². The average Bonchev–Trinajstić information content (AvgIpc) is 2.29. The van der Waals surface area contributed by atoms with Gasteiger partial charge < -0.3 is 13.8 Å². The number of nitrogens with one attached hydrogen (secondary N) is 1. The fourth-order valence-electron chi connectivity index (χ4n) is 2.03. The first kappa shape index (κ1) is 15.2. The fraction of sp³-hybridized carbons (Fsp3) is 0.571.